The molecule has 0 aliphatic rings. The minimum atomic E-state index is -0.146. The van der Waals surface area contributed by atoms with E-state index in [0.717, 1.165) is 16.7 Å². The third-order valence-corrected chi connectivity index (χ3v) is 3.17. The molecule has 5 nitrogen and oxygen atoms in total. The van der Waals surface area contributed by atoms with Crippen LogP contribution < -0.4 is 11.1 Å². The number of anilines is 1. The molecule has 1 aromatic carbocycles. The first-order valence-electron chi connectivity index (χ1n) is 6.42. The monoisotopic (exact) mass is 269 g/mol. The van der Waals surface area contributed by atoms with Gasteiger partial charge in [-0.25, -0.2) is 0 Å². The number of para-hydroxylation sites is 1. The Morgan fingerprint density at radius 3 is 2.95 bits per heavy atom. The second kappa shape index (κ2) is 5.13. The van der Waals surface area contributed by atoms with Crippen molar-refractivity contribution >= 4 is 22.5 Å². The van der Waals surface area contributed by atoms with E-state index in [9.17, 15) is 4.79 Å². The number of nitrogen functional groups attached to an aromatic ring is 1. The van der Waals surface area contributed by atoms with E-state index in [0.29, 0.717) is 24.3 Å². The van der Waals surface area contributed by atoms with Gasteiger partial charge in [-0.1, -0.05) is 12.1 Å². The summed E-state index contributed by atoms with van der Waals surface area (Å²) in [7, 11) is 0. The van der Waals surface area contributed by atoms with Gasteiger partial charge in [-0.3, -0.25) is 4.79 Å². The van der Waals surface area contributed by atoms with E-state index in [-0.39, 0.29) is 5.91 Å². The molecule has 102 valence electrons. The fraction of sp³-hybridized carbons (Fsp3) is 0.133. The minimum absolute atomic E-state index is 0.146. The summed E-state index contributed by atoms with van der Waals surface area (Å²) in [4.78, 5) is 15.1. The molecule has 2 heterocycles. The van der Waals surface area contributed by atoms with Crippen LogP contribution in [-0.2, 0) is 6.42 Å². The molecule has 0 atom stereocenters. The number of carbonyl (C=O) groups is 1. The molecular formula is C15H15N3O2. The van der Waals surface area contributed by atoms with Gasteiger partial charge in [0, 0.05) is 18.4 Å². The number of hydrogen-bond donors (Lipinski definition) is 3. The lowest BCUT2D eigenvalue weighted by molar-refractivity contribution is 0.0949. The maximum Gasteiger partial charge on any atom is 0.267 e. The first-order valence-corrected chi connectivity index (χ1v) is 6.42. The van der Waals surface area contributed by atoms with Gasteiger partial charge in [0.25, 0.3) is 5.91 Å². The average molecular weight is 269 g/mol. The van der Waals surface area contributed by atoms with Crippen LogP contribution in [0.1, 0.15) is 16.2 Å². The van der Waals surface area contributed by atoms with E-state index in [1.54, 1.807) is 18.4 Å². The van der Waals surface area contributed by atoms with Crippen LogP contribution in [0.25, 0.3) is 10.9 Å². The van der Waals surface area contributed by atoms with Gasteiger partial charge in [-0.15, -0.1) is 0 Å². The van der Waals surface area contributed by atoms with Crippen LogP contribution in [0.3, 0.4) is 0 Å². The summed E-state index contributed by atoms with van der Waals surface area (Å²) >= 11 is 0. The largest absolute Gasteiger partial charge is 0.469 e. The Morgan fingerprint density at radius 1 is 1.30 bits per heavy atom. The van der Waals surface area contributed by atoms with E-state index in [1.807, 2.05) is 24.3 Å². The Bertz CT molecular complexity index is 729. The number of H-pyrrole nitrogens is 1. The summed E-state index contributed by atoms with van der Waals surface area (Å²) < 4.78 is 5.21. The molecule has 4 N–H and O–H groups in total. The molecule has 0 aliphatic heterocycles. The fourth-order valence-corrected chi connectivity index (χ4v) is 2.15. The van der Waals surface area contributed by atoms with E-state index < -0.39 is 0 Å². The molecule has 2 aromatic heterocycles. The van der Waals surface area contributed by atoms with E-state index in [1.165, 1.54) is 0 Å². The number of carbonyl (C=O) groups excluding carboxylic acids is 1. The molecule has 0 saturated carbocycles. The van der Waals surface area contributed by atoms with Gasteiger partial charge < -0.3 is 20.5 Å². The van der Waals surface area contributed by atoms with Crippen molar-refractivity contribution in [3.63, 3.8) is 0 Å². The maximum absolute atomic E-state index is 12.0. The highest BCUT2D eigenvalue weighted by molar-refractivity contribution is 6.00. The Morgan fingerprint density at radius 2 is 2.20 bits per heavy atom. The zero-order valence-corrected chi connectivity index (χ0v) is 10.8. The van der Waals surface area contributed by atoms with E-state index >= 15 is 0 Å². The van der Waals surface area contributed by atoms with Crippen molar-refractivity contribution in [3.8, 4) is 0 Å². The highest BCUT2D eigenvalue weighted by atomic mass is 16.3. The van der Waals surface area contributed by atoms with Crippen molar-refractivity contribution in [2.75, 3.05) is 12.3 Å². The zero-order valence-electron chi connectivity index (χ0n) is 10.8. The lowest BCUT2D eigenvalue weighted by Gasteiger charge is -2.01. The summed E-state index contributed by atoms with van der Waals surface area (Å²) in [5, 5.41) is 3.78. The second-order valence-electron chi connectivity index (χ2n) is 4.58. The first kappa shape index (κ1) is 12.3. The van der Waals surface area contributed by atoms with Crippen LogP contribution in [-0.4, -0.2) is 17.4 Å². The fourth-order valence-electron chi connectivity index (χ4n) is 2.15. The first-order chi connectivity index (χ1) is 9.74. The van der Waals surface area contributed by atoms with Gasteiger partial charge in [0.1, 0.15) is 11.5 Å². The van der Waals surface area contributed by atoms with Gasteiger partial charge >= 0.3 is 0 Å². The van der Waals surface area contributed by atoms with Crippen LogP contribution in [0.2, 0.25) is 0 Å². The SMILES string of the molecule is Nc1cccc2cc(C(=O)NCCc3ccco3)[nH]c12. The van der Waals surface area contributed by atoms with Crippen LogP contribution in [0.15, 0.2) is 47.1 Å². The molecule has 5 heteroatoms. The number of rotatable bonds is 4. The van der Waals surface area contributed by atoms with Crippen LogP contribution >= 0.6 is 0 Å². The Hall–Kier alpha value is -2.69. The molecule has 1 amide bonds. The van der Waals surface area contributed by atoms with Crippen molar-refractivity contribution in [2.24, 2.45) is 0 Å². The number of hydrogen-bond acceptors (Lipinski definition) is 3. The van der Waals surface area contributed by atoms with Crippen molar-refractivity contribution in [1.29, 1.82) is 0 Å². The predicted octanol–water partition coefficient (Wildman–Crippen LogP) is 2.32. The number of fused-ring (bicyclic) bond motifs is 1. The Kier molecular flexibility index (Phi) is 3.16. The topological polar surface area (TPSA) is 84.1 Å². The third-order valence-electron chi connectivity index (χ3n) is 3.17. The molecule has 0 fully saturated rings. The van der Waals surface area contributed by atoms with Gasteiger partial charge in [0.2, 0.25) is 0 Å². The van der Waals surface area contributed by atoms with E-state index in [2.05, 4.69) is 10.3 Å². The highest BCUT2D eigenvalue weighted by Gasteiger charge is 2.10. The summed E-state index contributed by atoms with van der Waals surface area (Å²) in [6, 6.07) is 11.1. The van der Waals surface area contributed by atoms with Crippen molar-refractivity contribution in [1.82, 2.24) is 10.3 Å². The lowest BCUT2D eigenvalue weighted by atomic mass is 10.2. The molecule has 0 aliphatic carbocycles. The molecule has 0 unspecified atom stereocenters. The van der Waals surface area contributed by atoms with Crippen molar-refractivity contribution < 1.29 is 9.21 Å². The normalized spacial score (nSPS) is 10.8. The number of aromatic amines is 1. The molecule has 0 bridgehead atoms. The third kappa shape index (κ3) is 2.38. The number of aromatic nitrogens is 1. The van der Waals surface area contributed by atoms with Gasteiger partial charge in [-0.05, 0) is 24.3 Å². The van der Waals surface area contributed by atoms with Crippen LogP contribution in [0, 0.1) is 0 Å². The molecule has 3 aromatic rings. The maximum atomic E-state index is 12.0. The van der Waals surface area contributed by atoms with Crippen LogP contribution in [0.4, 0.5) is 5.69 Å². The number of nitrogens with two attached hydrogens (primary N) is 1. The molecule has 3 rings (SSSR count). The van der Waals surface area contributed by atoms with Gasteiger partial charge in [0.05, 0.1) is 17.5 Å². The van der Waals surface area contributed by atoms with Gasteiger partial charge in [-0.2, -0.15) is 0 Å². The number of amides is 1. The molecular weight excluding hydrogens is 254 g/mol. The van der Waals surface area contributed by atoms with E-state index in [4.69, 9.17) is 10.2 Å². The standard InChI is InChI=1S/C15H15N3O2/c16-12-5-1-3-10-9-13(18-14(10)12)15(19)17-7-6-11-4-2-8-20-11/h1-5,8-9,18H,6-7,16H2,(H,17,19). The zero-order chi connectivity index (χ0) is 13.9. The van der Waals surface area contributed by atoms with Crippen molar-refractivity contribution in [3.05, 3.63) is 54.1 Å². The number of nitrogens with one attached hydrogen (secondary N) is 2. The van der Waals surface area contributed by atoms with Gasteiger partial charge in [0.15, 0.2) is 0 Å². The number of furan rings is 1. The molecule has 0 saturated heterocycles. The second-order valence-corrected chi connectivity index (χ2v) is 4.58. The lowest BCUT2D eigenvalue weighted by Crippen LogP contribution is -2.25. The Balaban J connectivity index is 1.68. The smallest absolute Gasteiger partial charge is 0.267 e. The quantitative estimate of drug-likeness (QED) is 0.635. The minimum Gasteiger partial charge on any atom is -0.469 e. The highest BCUT2D eigenvalue weighted by Crippen LogP contribution is 2.20. The van der Waals surface area contributed by atoms with Crippen LogP contribution in [0.5, 0.6) is 0 Å². The van der Waals surface area contributed by atoms with Crippen molar-refractivity contribution in [2.45, 2.75) is 6.42 Å². The summed E-state index contributed by atoms with van der Waals surface area (Å²) in [6.07, 6.45) is 2.29. The molecule has 0 radical (unpaired) electrons. The molecule has 20 heavy (non-hydrogen) atoms. The Labute approximate surface area is 115 Å². The predicted molar refractivity (Wildman–Crippen MR) is 77.5 cm³/mol. The summed E-state index contributed by atoms with van der Waals surface area (Å²) in [5.74, 6) is 0.707. The summed E-state index contributed by atoms with van der Waals surface area (Å²) in [6.45, 7) is 0.525. The average Bonchev–Trinajstić information content (AvgIpc) is 3.07. The molecule has 0 spiro atoms. The summed E-state index contributed by atoms with van der Waals surface area (Å²) in [5.41, 5.74) is 7.80. The number of benzene rings is 1.